The molecule has 2 nitrogen and oxygen atoms in total. The van der Waals surface area contributed by atoms with Crippen LogP contribution in [0.5, 0.6) is 0 Å². The number of rotatable bonds is 4. The van der Waals surface area contributed by atoms with Crippen molar-refractivity contribution in [2.75, 3.05) is 0 Å². The number of imidazole rings is 1. The lowest BCUT2D eigenvalue weighted by Gasteiger charge is -2.25. The van der Waals surface area contributed by atoms with E-state index in [1.807, 2.05) is 77.4 Å². The molecule has 1 heterocycles. The van der Waals surface area contributed by atoms with Crippen molar-refractivity contribution in [2.45, 2.75) is 5.11 Å². The summed E-state index contributed by atoms with van der Waals surface area (Å²) < 4.78 is 1.98. The van der Waals surface area contributed by atoms with Crippen LogP contribution < -0.4 is 27.3 Å². The number of para-hydroxylation sites is 2. The number of benzene rings is 6. The fraction of sp³-hybridized carbons (Fsp3) is 0.0294. The van der Waals surface area contributed by atoms with E-state index in [0.717, 1.165) is 55.0 Å². The topological polar surface area (TPSA) is 17.8 Å². The molecule has 0 atom stereocenters. The highest BCUT2D eigenvalue weighted by Gasteiger charge is 2.26. The quantitative estimate of drug-likeness (QED) is 0.244. The van der Waals surface area contributed by atoms with E-state index >= 15 is 0 Å². The van der Waals surface area contributed by atoms with Gasteiger partial charge in [0.15, 0.2) is 0 Å². The Morgan fingerprint density at radius 1 is 0.477 bits per heavy atom. The summed E-state index contributed by atoms with van der Waals surface area (Å²) in [5.74, 6) is 0.350. The van der Waals surface area contributed by atoms with Gasteiger partial charge in [0.1, 0.15) is 39.2 Å². The Labute approximate surface area is 267 Å². The van der Waals surface area contributed by atoms with E-state index in [-0.39, 0.29) is 16.4 Å². The second-order valence-electron chi connectivity index (χ2n) is 11.0. The summed E-state index contributed by atoms with van der Waals surface area (Å²) in [5.41, 5.74) is 7.03. The minimum Gasteiger partial charge on any atom is -0.296 e. The zero-order valence-corrected chi connectivity index (χ0v) is 23.8. The minimum absolute atomic E-state index is 0.184. The lowest BCUT2D eigenvalue weighted by molar-refractivity contribution is 0.939. The van der Waals surface area contributed by atoms with Gasteiger partial charge in [-0.05, 0) is 45.2 Å². The van der Waals surface area contributed by atoms with Gasteiger partial charge in [-0.1, -0.05) is 101 Å². The van der Waals surface area contributed by atoms with Crippen molar-refractivity contribution >= 4 is 123 Å². The van der Waals surface area contributed by atoms with Gasteiger partial charge >= 0.3 is 0 Å². The first kappa shape index (κ1) is 28.6. The number of hydrogen-bond acceptors (Lipinski definition) is 1. The van der Waals surface area contributed by atoms with E-state index in [9.17, 15) is 0 Å². The zero-order valence-electron chi connectivity index (χ0n) is 23.8. The van der Waals surface area contributed by atoms with Crippen LogP contribution in [0, 0.1) is 0 Å². The number of aromatic nitrogens is 2. The number of hydrogen-bond donors (Lipinski definition) is 0. The van der Waals surface area contributed by atoms with Crippen LogP contribution in [0.3, 0.4) is 0 Å². The van der Waals surface area contributed by atoms with Crippen LogP contribution in [-0.4, -0.2) is 72.3 Å². The summed E-state index contributed by atoms with van der Waals surface area (Å²) in [6, 6.07) is 32.2. The van der Waals surface area contributed by atoms with E-state index in [4.69, 9.17) is 67.8 Å². The van der Waals surface area contributed by atoms with Gasteiger partial charge in [-0.3, -0.25) is 4.57 Å². The molecule has 6 aromatic carbocycles. The summed E-state index contributed by atoms with van der Waals surface area (Å²) in [7, 11) is 49.9. The Hall–Kier alpha value is -4.17. The number of fused-ring (bicyclic) bond motifs is 3. The molecule has 1 aromatic heterocycles. The maximum Gasteiger partial charge on any atom is 0.113 e. The maximum atomic E-state index is 6.35. The first-order chi connectivity index (χ1) is 21.1. The van der Waals surface area contributed by atoms with E-state index in [0.29, 0.717) is 22.3 Å². The lowest BCUT2D eigenvalue weighted by atomic mass is 9.42. The fourth-order valence-electron chi connectivity index (χ4n) is 6.16. The first-order valence-electron chi connectivity index (χ1n) is 14.0. The predicted molar refractivity (Wildman–Crippen MR) is 193 cm³/mol. The van der Waals surface area contributed by atoms with Gasteiger partial charge < -0.3 is 0 Å². The fourth-order valence-corrected chi connectivity index (χ4v) is 6.16. The normalized spacial score (nSPS) is 11.9. The molecule has 0 aliphatic rings. The molecule has 0 amide bonds. The molecule has 0 aliphatic heterocycles. The van der Waals surface area contributed by atoms with E-state index < -0.39 is 5.11 Å². The van der Waals surface area contributed by atoms with Crippen LogP contribution in [0.25, 0.3) is 60.5 Å². The monoisotopic (exact) mass is 540 g/mol. The zero-order chi connectivity index (χ0) is 30.9. The molecule has 44 heavy (non-hydrogen) atoms. The predicted octanol–water partition coefficient (Wildman–Crippen LogP) is 1.25. The van der Waals surface area contributed by atoms with Gasteiger partial charge in [0.25, 0.3) is 0 Å². The summed E-state index contributed by atoms with van der Waals surface area (Å²) in [6.07, 6.45) is 0. The van der Waals surface area contributed by atoms with Crippen LogP contribution in [0.15, 0.2) is 97.1 Å². The Balaban J connectivity index is 1.52. The Morgan fingerprint density at radius 3 is 1.43 bits per heavy atom. The van der Waals surface area contributed by atoms with Crippen LogP contribution >= 0.6 is 0 Å². The van der Waals surface area contributed by atoms with Gasteiger partial charge in [-0.15, -0.1) is 16.4 Å². The van der Waals surface area contributed by atoms with Crippen molar-refractivity contribution in [3.63, 3.8) is 0 Å². The van der Waals surface area contributed by atoms with Gasteiger partial charge in [0.05, 0.1) is 46.1 Å². The Kier molecular flexibility index (Phi) is 6.81. The van der Waals surface area contributed by atoms with Crippen molar-refractivity contribution in [1.82, 2.24) is 9.55 Å². The molecule has 7 rings (SSSR count). The SMILES string of the molecule is [B]c1c([B])c([B])c(-c2ccc(-c3c4ccccc4c(-n4c(C([B])([B])[B])nc5ccccc54)c4ccccc34)cc2)c([B])c1[B]. The highest BCUT2D eigenvalue weighted by atomic mass is 15.1. The van der Waals surface area contributed by atoms with Crippen molar-refractivity contribution in [2.24, 2.45) is 0 Å². The molecule has 0 fully saturated rings. The van der Waals surface area contributed by atoms with Crippen molar-refractivity contribution in [1.29, 1.82) is 0 Å². The third-order valence-electron chi connectivity index (χ3n) is 8.24. The lowest BCUT2D eigenvalue weighted by Crippen LogP contribution is -2.55. The summed E-state index contributed by atoms with van der Waals surface area (Å²) >= 11 is 0. The summed E-state index contributed by atoms with van der Waals surface area (Å²) in [4.78, 5) is 4.77. The van der Waals surface area contributed by atoms with Gasteiger partial charge in [0, 0.05) is 10.8 Å². The van der Waals surface area contributed by atoms with E-state index in [1.165, 1.54) is 0 Å². The average molecular weight is 539 g/mol. The highest BCUT2D eigenvalue weighted by molar-refractivity contribution is 6.68. The van der Waals surface area contributed by atoms with Crippen molar-refractivity contribution in [3.05, 3.63) is 103 Å². The molecule has 16 radical (unpaired) electrons. The van der Waals surface area contributed by atoms with Crippen LogP contribution in [-0.2, 0) is 5.11 Å². The Morgan fingerprint density at radius 2 is 0.909 bits per heavy atom. The van der Waals surface area contributed by atoms with Crippen LogP contribution in [0.4, 0.5) is 0 Å². The molecular formula is C34H16B8N2. The largest absolute Gasteiger partial charge is 0.296 e. The van der Waals surface area contributed by atoms with Gasteiger partial charge in [-0.25, -0.2) is 4.98 Å². The molecular weight excluding hydrogens is 523 g/mol. The van der Waals surface area contributed by atoms with Crippen molar-refractivity contribution in [3.8, 4) is 27.9 Å². The molecule has 0 N–H and O–H groups in total. The molecule has 10 heteroatoms. The van der Waals surface area contributed by atoms with Crippen LogP contribution in [0.1, 0.15) is 5.82 Å². The molecule has 7 aromatic rings. The molecule has 0 spiro atoms. The standard InChI is InChI=1S/C34H16B8N2/c35-27-26(28(36)30(38)31(39)29(27)37)18-15-13-17(14-16-18)25-19-7-1-3-9-21(19)32(22-10-4-2-8-20(22)25)44-24-12-6-5-11-23(24)43-33(44)34(40,41)42/h1-16H. The molecule has 186 valence electrons. The summed E-state index contributed by atoms with van der Waals surface area (Å²) in [5, 5.41) is 2.32. The Bertz CT molecular complexity index is 2180. The van der Waals surface area contributed by atoms with Crippen LogP contribution in [0.2, 0.25) is 0 Å². The van der Waals surface area contributed by atoms with Gasteiger partial charge in [-0.2, -0.15) is 0 Å². The molecule has 0 saturated carbocycles. The van der Waals surface area contributed by atoms with E-state index in [2.05, 4.69) is 24.3 Å². The first-order valence-corrected chi connectivity index (χ1v) is 14.0. The molecule has 0 saturated heterocycles. The maximum absolute atomic E-state index is 6.35. The van der Waals surface area contributed by atoms with Crippen molar-refractivity contribution < 1.29 is 0 Å². The minimum atomic E-state index is -1.69. The molecule has 0 aliphatic carbocycles. The molecule has 0 bridgehead atoms. The highest BCUT2D eigenvalue weighted by Crippen LogP contribution is 2.43. The smallest absolute Gasteiger partial charge is 0.113 e. The average Bonchev–Trinajstić information content (AvgIpc) is 3.42. The summed E-state index contributed by atoms with van der Waals surface area (Å²) in [6.45, 7) is 0. The number of nitrogens with zero attached hydrogens (tertiary/aromatic N) is 2. The molecule has 0 unspecified atom stereocenters. The van der Waals surface area contributed by atoms with Gasteiger partial charge in [0.2, 0.25) is 0 Å². The van der Waals surface area contributed by atoms with E-state index in [1.54, 1.807) is 0 Å². The third kappa shape index (κ3) is 4.33. The second-order valence-corrected chi connectivity index (χ2v) is 11.0. The second kappa shape index (κ2) is 10.5. The third-order valence-corrected chi connectivity index (χ3v) is 8.24.